The smallest absolute Gasteiger partial charge is 0.338 e. The van der Waals surface area contributed by atoms with Gasteiger partial charge in [-0.1, -0.05) is 19.1 Å². The van der Waals surface area contributed by atoms with Gasteiger partial charge in [0.25, 0.3) is 0 Å². The van der Waals surface area contributed by atoms with E-state index in [2.05, 4.69) is 5.32 Å². The second-order valence-corrected chi connectivity index (χ2v) is 6.72. The van der Waals surface area contributed by atoms with Crippen molar-refractivity contribution in [1.29, 1.82) is 0 Å². The highest BCUT2D eigenvalue weighted by Gasteiger charge is 2.27. The maximum absolute atomic E-state index is 12.7. The summed E-state index contributed by atoms with van der Waals surface area (Å²) in [6.07, 6.45) is 1.56. The summed E-state index contributed by atoms with van der Waals surface area (Å²) in [5, 5.41) is 9.24. The lowest BCUT2D eigenvalue weighted by Crippen LogP contribution is -2.42. The van der Waals surface area contributed by atoms with E-state index in [-0.39, 0.29) is 12.1 Å². The SMILES string of the molecule is CCCNC(=O)N1N=C(c2ccc(N)cc2)c2ccc(OC)cc2CC1C. The van der Waals surface area contributed by atoms with Crippen molar-refractivity contribution >= 4 is 17.4 Å². The first-order chi connectivity index (χ1) is 13.0. The molecule has 0 fully saturated rings. The van der Waals surface area contributed by atoms with Gasteiger partial charge in [-0.25, -0.2) is 9.80 Å². The molecule has 2 amide bonds. The minimum atomic E-state index is -0.183. The van der Waals surface area contributed by atoms with E-state index in [0.29, 0.717) is 18.7 Å². The third kappa shape index (κ3) is 4.05. The summed E-state index contributed by atoms with van der Waals surface area (Å²) >= 11 is 0. The van der Waals surface area contributed by atoms with Gasteiger partial charge in [-0.3, -0.25) is 0 Å². The average molecular weight is 366 g/mol. The van der Waals surface area contributed by atoms with E-state index in [9.17, 15) is 4.79 Å². The number of rotatable bonds is 4. The Morgan fingerprint density at radius 1 is 1.30 bits per heavy atom. The van der Waals surface area contributed by atoms with Gasteiger partial charge in [0.15, 0.2) is 0 Å². The molecule has 6 nitrogen and oxygen atoms in total. The number of fused-ring (bicyclic) bond motifs is 1. The largest absolute Gasteiger partial charge is 0.497 e. The molecule has 2 aromatic rings. The molecular formula is C21H26N4O2. The average Bonchev–Trinajstić information content (AvgIpc) is 2.82. The minimum Gasteiger partial charge on any atom is -0.497 e. The molecule has 0 radical (unpaired) electrons. The Morgan fingerprint density at radius 2 is 2.04 bits per heavy atom. The van der Waals surface area contributed by atoms with E-state index in [1.165, 1.54) is 0 Å². The maximum atomic E-state index is 12.7. The molecule has 142 valence electrons. The molecule has 0 spiro atoms. The maximum Gasteiger partial charge on any atom is 0.338 e. The fourth-order valence-corrected chi connectivity index (χ4v) is 3.17. The van der Waals surface area contributed by atoms with Crippen LogP contribution in [0.15, 0.2) is 47.6 Å². The number of methoxy groups -OCH3 is 1. The minimum absolute atomic E-state index is 0.0843. The molecule has 1 aliphatic rings. The standard InChI is InChI=1S/C21H26N4O2/c1-4-11-23-21(26)25-14(2)12-16-13-18(27-3)9-10-19(16)20(24-25)15-5-7-17(22)8-6-15/h5-10,13-14H,4,11-12,22H2,1-3H3,(H,23,26). The number of amides is 2. The molecule has 1 aliphatic heterocycles. The van der Waals surface area contributed by atoms with E-state index in [0.717, 1.165) is 34.6 Å². The van der Waals surface area contributed by atoms with E-state index in [4.69, 9.17) is 15.6 Å². The lowest BCUT2D eigenvalue weighted by atomic mass is 9.94. The van der Waals surface area contributed by atoms with Crippen molar-refractivity contribution in [3.63, 3.8) is 0 Å². The number of hydrazone groups is 1. The zero-order chi connectivity index (χ0) is 19.4. The van der Waals surface area contributed by atoms with Gasteiger partial charge >= 0.3 is 6.03 Å². The number of urea groups is 1. The third-order valence-electron chi connectivity index (χ3n) is 4.63. The van der Waals surface area contributed by atoms with Crippen molar-refractivity contribution in [2.75, 3.05) is 19.4 Å². The Kier molecular flexibility index (Phi) is 5.64. The molecular weight excluding hydrogens is 340 g/mol. The predicted molar refractivity (Wildman–Crippen MR) is 108 cm³/mol. The van der Waals surface area contributed by atoms with Crippen molar-refractivity contribution in [3.05, 3.63) is 59.2 Å². The predicted octanol–water partition coefficient (Wildman–Crippen LogP) is 3.40. The van der Waals surface area contributed by atoms with E-state index in [1.807, 2.05) is 56.3 Å². The number of hydrogen-bond acceptors (Lipinski definition) is 4. The monoisotopic (exact) mass is 366 g/mol. The van der Waals surface area contributed by atoms with Crippen molar-refractivity contribution < 1.29 is 9.53 Å². The molecule has 0 aliphatic carbocycles. The van der Waals surface area contributed by atoms with Gasteiger partial charge in [0.2, 0.25) is 0 Å². The van der Waals surface area contributed by atoms with Crippen LogP contribution in [0.3, 0.4) is 0 Å². The molecule has 0 bridgehead atoms. The normalized spacial score (nSPS) is 16.2. The van der Waals surface area contributed by atoms with Gasteiger partial charge in [-0.15, -0.1) is 0 Å². The van der Waals surface area contributed by atoms with Crippen LogP contribution in [0.4, 0.5) is 10.5 Å². The van der Waals surface area contributed by atoms with Gasteiger partial charge in [0.05, 0.1) is 18.9 Å². The molecule has 1 heterocycles. The highest BCUT2D eigenvalue weighted by atomic mass is 16.5. The molecule has 0 saturated carbocycles. The van der Waals surface area contributed by atoms with Crippen LogP contribution in [0, 0.1) is 0 Å². The summed E-state index contributed by atoms with van der Waals surface area (Å²) in [5.74, 6) is 0.793. The second-order valence-electron chi connectivity index (χ2n) is 6.72. The summed E-state index contributed by atoms with van der Waals surface area (Å²) in [6, 6.07) is 13.2. The number of benzene rings is 2. The van der Waals surface area contributed by atoms with Crippen molar-refractivity contribution in [1.82, 2.24) is 10.3 Å². The number of nitrogens with zero attached hydrogens (tertiary/aromatic N) is 2. The quantitative estimate of drug-likeness (QED) is 0.814. The number of hydrogen-bond donors (Lipinski definition) is 2. The molecule has 27 heavy (non-hydrogen) atoms. The fourth-order valence-electron chi connectivity index (χ4n) is 3.17. The van der Waals surface area contributed by atoms with Crippen LogP contribution in [0.5, 0.6) is 5.75 Å². The Bertz CT molecular complexity index is 846. The topological polar surface area (TPSA) is 80.0 Å². The third-order valence-corrected chi connectivity index (χ3v) is 4.63. The molecule has 2 aromatic carbocycles. The van der Waals surface area contributed by atoms with Crippen molar-refractivity contribution in [2.45, 2.75) is 32.7 Å². The molecule has 0 saturated heterocycles. The van der Waals surface area contributed by atoms with Gasteiger partial charge in [-0.05, 0) is 55.7 Å². The van der Waals surface area contributed by atoms with E-state index in [1.54, 1.807) is 12.1 Å². The van der Waals surface area contributed by atoms with Crippen LogP contribution in [0.2, 0.25) is 0 Å². The number of carbonyl (C=O) groups is 1. The Labute approximate surface area is 160 Å². The van der Waals surface area contributed by atoms with Gasteiger partial charge < -0.3 is 15.8 Å². The van der Waals surface area contributed by atoms with Gasteiger partial charge in [0, 0.05) is 23.4 Å². The molecule has 3 N–H and O–H groups in total. The second kappa shape index (κ2) is 8.12. The zero-order valence-corrected chi connectivity index (χ0v) is 16.0. The van der Waals surface area contributed by atoms with Gasteiger partial charge in [-0.2, -0.15) is 5.10 Å². The highest BCUT2D eigenvalue weighted by Crippen LogP contribution is 2.27. The zero-order valence-electron chi connectivity index (χ0n) is 16.0. The Morgan fingerprint density at radius 3 is 2.70 bits per heavy atom. The summed E-state index contributed by atoms with van der Waals surface area (Å²) in [6.45, 7) is 4.65. The fraction of sp³-hybridized carbons (Fsp3) is 0.333. The molecule has 1 atom stereocenters. The Hall–Kier alpha value is -3.02. The van der Waals surface area contributed by atoms with Crippen LogP contribution in [-0.4, -0.2) is 36.4 Å². The molecule has 0 aromatic heterocycles. The highest BCUT2D eigenvalue weighted by molar-refractivity contribution is 6.14. The number of nitrogen functional groups attached to an aromatic ring is 1. The summed E-state index contributed by atoms with van der Waals surface area (Å²) in [7, 11) is 1.65. The lowest BCUT2D eigenvalue weighted by molar-refractivity contribution is 0.182. The van der Waals surface area contributed by atoms with Crippen LogP contribution in [0.1, 0.15) is 37.0 Å². The first kappa shape index (κ1) is 18.8. The van der Waals surface area contributed by atoms with Crippen LogP contribution in [0.25, 0.3) is 0 Å². The van der Waals surface area contributed by atoms with Crippen LogP contribution in [-0.2, 0) is 6.42 Å². The van der Waals surface area contributed by atoms with Crippen molar-refractivity contribution in [3.8, 4) is 5.75 Å². The molecule has 3 rings (SSSR count). The number of nitrogens with two attached hydrogens (primary N) is 1. The number of ether oxygens (including phenoxy) is 1. The Balaban J connectivity index is 2.10. The summed E-state index contributed by atoms with van der Waals surface area (Å²) < 4.78 is 5.39. The molecule has 6 heteroatoms. The van der Waals surface area contributed by atoms with Crippen LogP contribution < -0.4 is 15.8 Å². The number of anilines is 1. The lowest BCUT2D eigenvalue weighted by Gasteiger charge is -2.23. The van der Waals surface area contributed by atoms with Crippen molar-refractivity contribution in [2.24, 2.45) is 5.10 Å². The first-order valence-corrected chi connectivity index (χ1v) is 9.22. The summed E-state index contributed by atoms with van der Waals surface area (Å²) in [5.41, 5.74) is 10.3. The van der Waals surface area contributed by atoms with Crippen LogP contribution >= 0.6 is 0 Å². The summed E-state index contributed by atoms with van der Waals surface area (Å²) in [4.78, 5) is 12.7. The molecule has 1 unspecified atom stereocenters. The van der Waals surface area contributed by atoms with Gasteiger partial charge in [0.1, 0.15) is 5.75 Å². The van der Waals surface area contributed by atoms with E-state index < -0.39 is 0 Å². The number of nitrogens with one attached hydrogen (secondary N) is 1. The number of carbonyl (C=O) groups excluding carboxylic acids is 1. The first-order valence-electron chi connectivity index (χ1n) is 9.22. The van der Waals surface area contributed by atoms with E-state index >= 15 is 0 Å².